The third-order valence-electron chi connectivity index (χ3n) is 2.13. The number of hydrogen-bond donors (Lipinski definition) is 0. The Morgan fingerprint density at radius 1 is 1.07 bits per heavy atom. The summed E-state index contributed by atoms with van der Waals surface area (Å²) >= 11 is 5.98. The van der Waals surface area contributed by atoms with Gasteiger partial charge in [0.25, 0.3) is 0 Å². The fourth-order valence-corrected chi connectivity index (χ4v) is 1.57. The van der Waals surface area contributed by atoms with E-state index in [0.717, 1.165) is 11.3 Å². The number of rotatable bonds is 3. The molecule has 0 N–H and O–H groups in total. The molecule has 0 saturated carbocycles. The zero-order valence-electron chi connectivity index (χ0n) is 8.93. The average Bonchev–Trinajstić information content (AvgIpc) is 2.16. The molecule has 0 fully saturated rings. The summed E-state index contributed by atoms with van der Waals surface area (Å²) in [6, 6.07) is 3.71. The van der Waals surface area contributed by atoms with Crippen LogP contribution in [0.3, 0.4) is 0 Å². The lowest BCUT2D eigenvalue weighted by molar-refractivity contribution is 0.397. The summed E-state index contributed by atoms with van der Waals surface area (Å²) in [5.74, 6) is 1.89. The molecule has 0 spiro atoms. The molecule has 1 rings (SSSR count). The van der Waals surface area contributed by atoms with E-state index < -0.39 is 0 Å². The topological polar surface area (TPSA) is 18.5 Å². The molecule has 0 aliphatic heterocycles. The van der Waals surface area contributed by atoms with Gasteiger partial charge >= 0.3 is 0 Å². The molecule has 1 aromatic carbocycles. The van der Waals surface area contributed by atoms with Crippen LogP contribution in [0.4, 0.5) is 0 Å². The Morgan fingerprint density at radius 2 is 1.64 bits per heavy atom. The molecule has 2 nitrogen and oxygen atoms in total. The molecule has 0 amide bonds. The molecular formula is C11H15ClO2. The highest BCUT2D eigenvalue weighted by Crippen LogP contribution is 2.35. The van der Waals surface area contributed by atoms with Crippen LogP contribution in [0.1, 0.15) is 25.3 Å². The molecule has 3 heteroatoms. The molecule has 0 saturated heterocycles. The van der Waals surface area contributed by atoms with E-state index in [4.69, 9.17) is 21.1 Å². The third-order valence-corrected chi connectivity index (χ3v) is 2.42. The SMILES string of the molecule is COc1cc(C(C)C)c(OC)cc1Cl. The van der Waals surface area contributed by atoms with E-state index in [1.165, 1.54) is 0 Å². The van der Waals surface area contributed by atoms with E-state index in [2.05, 4.69) is 13.8 Å². The van der Waals surface area contributed by atoms with Gasteiger partial charge < -0.3 is 9.47 Å². The Kier molecular flexibility index (Phi) is 3.64. The van der Waals surface area contributed by atoms with Gasteiger partial charge in [-0.15, -0.1) is 0 Å². The molecule has 0 aromatic heterocycles. The Morgan fingerprint density at radius 3 is 2.07 bits per heavy atom. The molecule has 0 atom stereocenters. The highest BCUT2D eigenvalue weighted by Gasteiger charge is 2.12. The maximum absolute atomic E-state index is 5.98. The van der Waals surface area contributed by atoms with Crippen molar-refractivity contribution in [2.75, 3.05) is 14.2 Å². The first-order chi connectivity index (χ1) is 6.60. The van der Waals surface area contributed by atoms with Crippen LogP contribution in [0.25, 0.3) is 0 Å². The van der Waals surface area contributed by atoms with Gasteiger partial charge in [-0.25, -0.2) is 0 Å². The van der Waals surface area contributed by atoms with Gasteiger partial charge in [0, 0.05) is 11.6 Å². The van der Waals surface area contributed by atoms with Gasteiger partial charge in [-0.05, 0) is 12.0 Å². The van der Waals surface area contributed by atoms with Crippen molar-refractivity contribution in [3.05, 3.63) is 22.7 Å². The summed E-state index contributed by atoms with van der Waals surface area (Å²) in [6.07, 6.45) is 0. The lowest BCUT2D eigenvalue weighted by Crippen LogP contribution is -1.96. The van der Waals surface area contributed by atoms with Gasteiger partial charge in [0.1, 0.15) is 11.5 Å². The van der Waals surface area contributed by atoms with Crippen LogP contribution in [0.15, 0.2) is 12.1 Å². The van der Waals surface area contributed by atoms with Crippen LogP contribution in [-0.2, 0) is 0 Å². The van der Waals surface area contributed by atoms with Crippen molar-refractivity contribution in [2.45, 2.75) is 19.8 Å². The normalized spacial score (nSPS) is 10.4. The Labute approximate surface area is 89.8 Å². The van der Waals surface area contributed by atoms with Crippen molar-refractivity contribution < 1.29 is 9.47 Å². The Hall–Kier alpha value is -0.890. The summed E-state index contributed by atoms with van der Waals surface area (Å²) in [7, 11) is 3.25. The molecule has 0 unspecified atom stereocenters. The number of hydrogen-bond acceptors (Lipinski definition) is 2. The largest absolute Gasteiger partial charge is 0.496 e. The number of ether oxygens (including phenoxy) is 2. The second-order valence-corrected chi connectivity index (χ2v) is 3.79. The summed E-state index contributed by atoms with van der Waals surface area (Å²) in [5.41, 5.74) is 1.11. The standard InChI is InChI=1S/C11H15ClO2/c1-7(2)8-5-11(14-4)9(12)6-10(8)13-3/h5-7H,1-4H3. The van der Waals surface area contributed by atoms with Gasteiger partial charge in [0.2, 0.25) is 0 Å². The van der Waals surface area contributed by atoms with E-state index in [0.29, 0.717) is 16.7 Å². The Balaban J connectivity index is 3.25. The summed E-state index contributed by atoms with van der Waals surface area (Å²) in [6.45, 7) is 4.20. The first-order valence-electron chi connectivity index (χ1n) is 4.51. The number of methoxy groups -OCH3 is 2. The van der Waals surface area contributed by atoms with E-state index in [-0.39, 0.29) is 0 Å². The van der Waals surface area contributed by atoms with Gasteiger partial charge in [0.05, 0.1) is 19.2 Å². The minimum Gasteiger partial charge on any atom is -0.496 e. The van der Waals surface area contributed by atoms with Crippen LogP contribution in [-0.4, -0.2) is 14.2 Å². The second kappa shape index (κ2) is 4.56. The van der Waals surface area contributed by atoms with Crippen molar-refractivity contribution in [1.82, 2.24) is 0 Å². The van der Waals surface area contributed by atoms with E-state index >= 15 is 0 Å². The van der Waals surface area contributed by atoms with Crippen molar-refractivity contribution in [3.63, 3.8) is 0 Å². The van der Waals surface area contributed by atoms with Gasteiger partial charge in [-0.3, -0.25) is 0 Å². The average molecular weight is 215 g/mol. The summed E-state index contributed by atoms with van der Waals surface area (Å²) < 4.78 is 10.4. The molecule has 0 bridgehead atoms. The molecule has 0 radical (unpaired) electrons. The predicted octanol–water partition coefficient (Wildman–Crippen LogP) is 3.48. The van der Waals surface area contributed by atoms with Crippen LogP contribution in [0, 0.1) is 0 Å². The monoisotopic (exact) mass is 214 g/mol. The molecule has 0 aliphatic carbocycles. The van der Waals surface area contributed by atoms with Crippen molar-refractivity contribution in [2.24, 2.45) is 0 Å². The first kappa shape index (κ1) is 11.2. The van der Waals surface area contributed by atoms with Gasteiger partial charge in [0.15, 0.2) is 0 Å². The Bertz CT molecular complexity index is 321. The quantitative estimate of drug-likeness (QED) is 0.767. The summed E-state index contributed by atoms with van der Waals surface area (Å²) in [4.78, 5) is 0. The smallest absolute Gasteiger partial charge is 0.138 e. The van der Waals surface area contributed by atoms with Gasteiger partial charge in [-0.2, -0.15) is 0 Å². The van der Waals surface area contributed by atoms with E-state index in [1.807, 2.05) is 6.07 Å². The molecule has 1 aromatic rings. The molecule has 0 heterocycles. The third kappa shape index (κ3) is 2.13. The maximum Gasteiger partial charge on any atom is 0.138 e. The van der Waals surface area contributed by atoms with E-state index in [1.54, 1.807) is 20.3 Å². The van der Waals surface area contributed by atoms with Crippen molar-refractivity contribution in [1.29, 1.82) is 0 Å². The fourth-order valence-electron chi connectivity index (χ4n) is 1.34. The van der Waals surface area contributed by atoms with Crippen LogP contribution >= 0.6 is 11.6 Å². The highest BCUT2D eigenvalue weighted by atomic mass is 35.5. The van der Waals surface area contributed by atoms with Crippen LogP contribution in [0.2, 0.25) is 5.02 Å². The first-order valence-corrected chi connectivity index (χ1v) is 4.89. The predicted molar refractivity (Wildman–Crippen MR) is 58.6 cm³/mol. The molecule has 14 heavy (non-hydrogen) atoms. The lowest BCUT2D eigenvalue weighted by Gasteiger charge is -2.14. The summed E-state index contributed by atoms with van der Waals surface area (Å²) in [5, 5.41) is 0.578. The number of halogens is 1. The van der Waals surface area contributed by atoms with Crippen LogP contribution < -0.4 is 9.47 Å². The fraction of sp³-hybridized carbons (Fsp3) is 0.455. The van der Waals surface area contributed by atoms with E-state index in [9.17, 15) is 0 Å². The minimum absolute atomic E-state index is 0.385. The van der Waals surface area contributed by atoms with Crippen molar-refractivity contribution in [3.8, 4) is 11.5 Å². The molecular weight excluding hydrogens is 200 g/mol. The lowest BCUT2D eigenvalue weighted by atomic mass is 10.0. The van der Waals surface area contributed by atoms with Crippen LogP contribution in [0.5, 0.6) is 11.5 Å². The second-order valence-electron chi connectivity index (χ2n) is 3.38. The highest BCUT2D eigenvalue weighted by molar-refractivity contribution is 6.32. The van der Waals surface area contributed by atoms with Gasteiger partial charge in [-0.1, -0.05) is 25.4 Å². The maximum atomic E-state index is 5.98. The zero-order chi connectivity index (χ0) is 10.7. The number of benzene rings is 1. The zero-order valence-corrected chi connectivity index (χ0v) is 9.68. The molecule has 78 valence electrons. The molecule has 0 aliphatic rings. The van der Waals surface area contributed by atoms with Crippen molar-refractivity contribution >= 4 is 11.6 Å². The minimum atomic E-state index is 0.385.